The van der Waals surface area contributed by atoms with Gasteiger partial charge in [-0.1, -0.05) is 12.1 Å². The maximum atomic E-state index is 13.7. The van der Waals surface area contributed by atoms with Crippen LogP contribution in [0.15, 0.2) is 24.3 Å². The van der Waals surface area contributed by atoms with Crippen LogP contribution in [0.2, 0.25) is 0 Å². The molecular formula is C17H14F7N3OS. The molecule has 1 aliphatic rings. The van der Waals surface area contributed by atoms with E-state index in [0.717, 1.165) is 42.4 Å². The van der Waals surface area contributed by atoms with Gasteiger partial charge in [0.05, 0.1) is 11.3 Å². The minimum atomic E-state index is -6.00. The lowest BCUT2D eigenvalue weighted by molar-refractivity contribution is -0.294. The number of aromatic nitrogens is 1. The van der Waals surface area contributed by atoms with E-state index in [9.17, 15) is 35.5 Å². The molecule has 0 bridgehead atoms. The molecule has 0 aliphatic heterocycles. The molecule has 1 aliphatic carbocycles. The van der Waals surface area contributed by atoms with Gasteiger partial charge in [-0.2, -0.15) is 26.3 Å². The van der Waals surface area contributed by atoms with Crippen LogP contribution in [0.5, 0.6) is 0 Å². The van der Waals surface area contributed by atoms with Crippen LogP contribution in [-0.2, 0) is 12.8 Å². The van der Waals surface area contributed by atoms with Gasteiger partial charge in [0.2, 0.25) is 0 Å². The van der Waals surface area contributed by atoms with Gasteiger partial charge in [0.25, 0.3) is 5.91 Å². The topological polar surface area (TPSA) is 54.0 Å². The molecule has 158 valence electrons. The summed E-state index contributed by atoms with van der Waals surface area (Å²) >= 11 is 0.673. The largest absolute Gasteiger partial charge is 0.439 e. The highest BCUT2D eigenvalue weighted by Gasteiger charge is 2.73. The van der Waals surface area contributed by atoms with E-state index >= 15 is 0 Å². The molecule has 2 N–H and O–H groups in total. The van der Waals surface area contributed by atoms with Crippen molar-refractivity contribution in [3.8, 4) is 0 Å². The van der Waals surface area contributed by atoms with E-state index in [1.54, 1.807) is 0 Å². The number of amides is 1. The summed E-state index contributed by atoms with van der Waals surface area (Å²) in [5.74, 6) is -3.13. The number of halogens is 7. The number of carbonyl (C=O) groups excluding carboxylic acids is 1. The fourth-order valence-electron chi connectivity index (χ4n) is 2.92. The Balaban J connectivity index is 2.03. The summed E-state index contributed by atoms with van der Waals surface area (Å²) in [4.78, 5) is 16.6. The van der Waals surface area contributed by atoms with Crippen LogP contribution >= 0.6 is 11.3 Å². The monoisotopic (exact) mass is 441 g/mol. The molecule has 0 fully saturated rings. The van der Waals surface area contributed by atoms with E-state index in [2.05, 4.69) is 4.98 Å². The SMILES string of the molecule is O=C(NC(Nc1nc2c(s1)CCCC2)(C(F)(F)F)C(F)(F)F)c1ccccc1F. The van der Waals surface area contributed by atoms with Crippen LogP contribution in [-0.4, -0.2) is 28.9 Å². The van der Waals surface area contributed by atoms with E-state index in [-0.39, 0.29) is 0 Å². The molecule has 29 heavy (non-hydrogen) atoms. The highest BCUT2D eigenvalue weighted by atomic mass is 32.1. The number of hydrogen-bond acceptors (Lipinski definition) is 4. The third-order valence-corrected chi connectivity index (χ3v) is 5.48. The maximum absolute atomic E-state index is 13.7. The Morgan fingerprint density at radius 2 is 1.62 bits per heavy atom. The van der Waals surface area contributed by atoms with Gasteiger partial charge in [-0.15, -0.1) is 11.3 Å². The van der Waals surface area contributed by atoms with Gasteiger partial charge in [0, 0.05) is 4.88 Å². The number of benzene rings is 1. The third kappa shape index (κ3) is 4.02. The molecule has 0 unspecified atom stereocenters. The predicted octanol–water partition coefficient (Wildman–Crippen LogP) is 4.82. The zero-order valence-corrected chi connectivity index (χ0v) is 15.4. The minimum absolute atomic E-state index is 0.433. The van der Waals surface area contributed by atoms with E-state index in [1.165, 1.54) is 5.32 Å². The number of hydrogen-bond donors (Lipinski definition) is 2. The Morgan fingerprint density at radius 1 is 1.00 bits per heavy atom. The standard InChI is InChI=1S/C17H14F7N3OS/c18-10-6-2-1-5-9(10)13(28)26-15(16(19,20)21,17(22,23)24)27-14-25-11-7-3-4-8-12(11)29-14/h1-2,5-6H,3-4,7-8H2,(H,25,27)(H,26,28). The van der Waals surface area contributed by atoms with Crippen LogP contribution in [0.4, 0.5) is 35.9 Å². The summed E-state index contributed by atoms with van der Waals surface area (Å²) in [7, 11) is 0. The lowest BCUT2D eigenvalue weighted by Gasteiger charge is -2.38. The second-order valence-corrected chi connectivity index (χ2v) is 7.48. The van der Waals surface area contributed by atoms with Gasteiger partial charge in [-0.25, -0.2) is 9.37 Å². The quantitative estimate of drug-likeness (QED) is 0.528. The number of alkyl halides is 6. The van der Waals surface area contributed by atoms with Gasteiger partial charge in [-0.05, 0) is 37.8 Å². The molecule has 0 spiro atoms. The summed E-state index contributed by atoms with van der Waals surface area (Å²) in [6, 6.07) is 3.79. The number of nitrogens with one attached hydrogen (secondary N) is 2. The number of anilines is 1. The Bertz CT molecular complexity index is 870. The number of rotatable bonds is 4. The molecule has 12 heteroatoms. The fourth-order valence-corrected chi connectivity index (χ4v) is 4.03. The van der Waals surface area contributed by atoms with Crippen molar-refractivity contribution in [1.82, 2.24) is 10.3 Å². The zero-order valence-electron chi connectivity index (χ0n) is 14.5. The van der Waals surface area contributed by atoms with Crippen molar-refractivity contribution in [2.75, 3.05) is 5.32 Å². The molecule has 1 amide bonds. The van der Waals surface area contributed by atoms with E-state index in [0.29, 0.717) is 34.7 Å². The average Bonchev–Trinajstić information content (AvgIpc) is 3.01. The molecule has 1 heterocycles. The first kappa shape index (κ1) is 21.3. The smallest absolute Gasteiger partial charge is 0.324 e. The first-order chi connectivity index (χ1) is 13.4. The summed E-state index contributed by atoms with van der Waals surface area (Å²) in [6.07, 6.45) is -9.58. The summed E-state index contributed by atoms with van der Waals surface area (Å²) in [6.45, 7) is 0. The highest BCUT2D eigenvalue weighted by Crippen LogP contribution is 2.45. The number of nitrogens with zero attached hydrogens (tertiary/aromatic N) is 1. The van der Waals surface area contributed by atoms with Gasteiger partial charge in [0.1, 0.15) is 5.82 Å². The summed E-state index contributed by atoms with van der Waals surface area (Å²) in [5, 5.41) is 1.65. The Labute approximate surface area is 164 Å². The molecule has 1 aromatic carbocycles. The van der Waals surface area contributed by atoms with Crippen LogP contribution in [0.25, 0.3) is 0 Å². The molecule has 1 aromatic heterocycles. The van der Waals surface area contributed by atoms with Gasteiger partial charge >= 0.3 is 18.0 Å². The van der Waals surface area contributed by atoms with Crippen molar-refractivity contribution >= 4 is 22.4 Å². The third-order valence-electron chi connectivity index (χ3n) is 4.41. The molecule has 0 atom stereocenters. The Hall–Kier alpha value is -2.37. The molecule has 2 aromatic rings. The summed E-state index contributed by atoms with van der Waals surface area (Å²) in [5.41, 5.74) is -5.37. The van der Waals surface area contributed by atoms with Crippen molar-refractivity contribution in [3.05, 3.63) is 46.2 Å². The second kappa shape index (κ2) is 7.47. The van der Waals surface area contributed by atoms with Crippen molar-refractivity contribution in [2.45, 2.75) is 43.7 Å². The first-order valence-corrected chi connectivity index (χ1v) is 9.23. The van der Waals surface area contributed by atoms with Crippen molar-refractivity contribution in [1.29, 1.82) is 0 Å². The van der Waals surface area contributed by atoms with E-state index < -0.39 is 40.4 Å². The predicted molar refractivity (Wildman–Crippen MR) is 91.1 cm³/mol. The number of carbonyl (C=O) groups is 1. The first-order valence-electron chi connectivity index (χ1n) is 8.42. The van der Waals surface area contributed by atoms with Gasteiger partial charge in [0.15, 0.2) is 5.13 Å². The Morgan fingerprint density at radius 3 is 2.21 bits per heavy atom. The molecular weight excluding hydrogens is 427 g/mol. The highest BCUT2D eigenvalue weighted by molar-refractivity contribution is 7.15. The van der Waals surface area contributed by atoms with Crippen LogP contribution in [0, 0.1) is 5.82 Å². The van der Waals surface area contributed by atoms with Crippen LogP contribution < -0.4 is 10.6 Å². The molecule has 0 saturated heterocycles. The number of aryl methyl sites for hydroxylation is 2. The maximum Gasteiger partial charge on any atom is 0.439 e. The van der Waals surface area contributed by atoms with Crippen LogP contribution in [0.1, 0.15) is 33.8 Å². The average molecular weight is 441 g/mol. The lowest BCUT2D eigenvalue weighted by Crippen LogP contribution is -2.72. The molecule has 0 saturated carbocycles. The Kier molecular flexibility index (Phi) is 5.50. The van der Waals surface area contributed by atoms with Crippen molar-refractivity contribution < 1.29 is 35.5 Å². The molecule has 3 rings (SSSR count). The number of fused-ring (bicyclic) bond motifs is 1. The fraction of sp³-hybridized carbons (Fsp3) is 0.412. The van der Waals surface area contributed by atoms with Crippen molar-refractivity contribution in [3.63, 3.8) is 0 Å². The number of thiazole rings is 1. The van der Waals surface area contributed by atoms with Gasteiger partial charge < -0.3 is 10.6 Å². The van der Waals surface area contributed by atoms with E-state index in [4.69, 9.17) is 0 Å². The molecule has 4 nitrogen and oxygen atoms in total. The van der Waals surface area contributed by atoms with Gasteiger partial charge in [-0.3, -0.25) is 4.79 Å². The lowest BCUT2D eigenvalue weighted by atomic mass is 10.0. The summed E-state index contributed by atoms with van der Waals surface area (Å²) < 4.78 is 96.0. The van der Waals surface area contributed by atoms with E-state index in [1.807, 2.05) is 0 Å². The normalized spacial score (nSPS) is 15.0. The van der Waals surface area contributed by atoms with Crippen molar-refractivity contribution in [2.24, 2.45) is 0 Å². The second-order valence-electron chi connectivity index (χ2n) is 6.40. The van der Waals surface area contributed by atoms with Crippen LogP contribution in [0.3, 0.4) is 0 Å². The zero-order chi connectivity index (χ0) is 21.4. The minimum Gasteiger partial charge on any atom is -0.324 e. The molecule has 0 radical (unpaired) electrons.